The molecule has 5 heteroatoms. The molecule has 2 rings (SSSR count). The van der Waals surface area contributed by atoms with Crippen LogP contribution in [0.3, 0.4) is 0 Å². The van der Waals surface area contributed by atoms with Crippen molar-refractivity contribution in [1.29, 1.82) is 0 Å². The monoisotopic (exact) mass is 252 g/mol. The van der Waals surface area contributed by atoms with Crippen LogP contribution in [0.1, 0.15) is 31.4 Å². The Labute approximate surface area is 105 Å². The fourth-order valence-electron chi connectivity index (χ4n) is 2.12. The van der Waals surface area contributed by atoms with Crippen molar-refractivity contribution in [2.45, 2.75) is 25.8 Å². The van der Waals surface area contributed by atoms with Crippen molar-refractivity contribution in [2.24, 2.45) is 5.18 Å². The number of fused-ring (bicyclic) bond motifs is 1. The Hall–Kier alpha value is -1.42. The quantitative estimate of drug-likeness (QED) is 0.759. The first-order valence-electron chi connectivity index (χ1n) is 5.59. The van der Waals surface area contributed by atoms with Gasteiger partial charge in [0.1, 0.15) is 6.04 Å². The Morgan fingerprint density at radius 2 is 2.35 bits per heavy atom. The number of carbonyl (C=O) groups is 1. The highest BCUT2D eigenvalue weighted by Gasteiger charge is 2.28. The lowest BCUT2D eigenvalue weighted by atomic mass is 9.97. The van der Waals surface area contributed by atoms with Crippen molar-refractivity contribution < 1.29 is 4.79 Å². The zero-order valence-electron chi connectivity index (χ0n) is 9.52. The van der Waals surface area contributed by atoms with E-state index in [2.05, 4.69) is 5.18 Å². The summed E-state index contributed by atoms with van der Waals surface area (Å²) in [6.07, 6.45) is 1.00. The summed E-state index contributed by atoms with van der Waals surface area (Å²) in [5.74, 6) is 0.0536. The van der Waals surface area contributed by atoms with Gasteiger partial charge in [0.15, 0.2) is 0 Å². The van der Waals surface area contributed by atoms with Crippen LogP contribution in [0.15, 0.2) is 23.4 Å². The molecule has 1 atom stereocenters. The fourth-order valence-corrected chi connectivity index (χ4v) is 2.31. The van der Waals surface area contributed by atoms with Gasteiger partial charge >= 0.3 is 0 Å². The molecule has 1 heterocycles. The van der Waals surface area contributed by atoms with Crippen molar-refractivity contribution >= 4 is 23.2 Å². The van der Waals surface area contributed by atoms with E-state index in [0.29, 0.717) is 24.4 Å². The predicted molar refractivity (Wildman–Crippen MR) is 67.2 cm³/mol. The number of nitrogens with zero attached hydrogens (tertiary/aromatic N) is 2. The molecule has 0 N–H and O–H groups in total. The van der Waals surface area contributed by atoms with Crippen LogP contribution in [0.5, 0.6) is 0 Å². The Morgan fingerprint density at radius 3 is 3.00 bits per heavy atom. The second kappa shape index (κ2) is 4.84. The summed E-state index contributed by atoms with van der Waals surface area (Å²) in [6.45, 7) is 2.36. The van der Waals surface area contributed by atoms with Crippen LogP contribution in [-0.2, 0) is 4.79 Å². The highest BCUT2D eigenvalue weighted by molar-refractivity contribution is 6.30. The number of hydrogen-bond donors (Lipinski definition) is 0. The smallest absolute Gasteiger partial charge is 0.226 e. The average molecular weight is 253 g/mol. The van der Waals surface area contributed by atoms with E-state index in [4.69, 9.17) is 11.6 Å². The van der Waals surface area contributed by atoms with Gasteiger partial charge in [-0.1, -0.05) is 23.7 Å². The van der Waals surface area contributed by atoms with Gasteiger partial charge in [0.25, 0.3) is 0 Å². The van der Waals surface area contributed by atoms with Crippen molar-refractivity contribution in [2.75, 3.05) is 11.4 Å². The minimum atomic E-state index is -0.399. The molecule has 1 aliphatic rings. The highest BCUT2D eigenvalue weighted by Crippen LogP contribution is 2.37. The number of carbonyl (C=O) groups excluding carboxylic acids is 1. The molecule has 0 aliphatic carbocycles. The molecule has 0 fully saturated rings. The van der Waals surface area contributed by atoms with Crippen molar-refractivity contribution in [3.05, 3.63) is 33.7 Å². The summed E-state index contributed by atoms with van der Waals surface area (Å²) < 4.78 is 0. The molecular weight excluding hydrogens is 240 g/mol. The maximum absolute atomic E-state index is 11.8. The summed E-state index contributed by atoms with van der Waals surface area (Å²) >= 11 is 5.91. The van der Waals surface area contributed by atoms with E-state index < -0.39 is 6.04 Å². The number of nitroso groups, excluding NO2 is 1. The van der Waals surface area contributed by atoms with Crippen molar-refractivity contribution in [3.63, 3.8) is 0 Å². The summed E-state index contributed by atoms with van der Waals surface area (Å²) in [6, 6.07) is 4.83. The molecule has 1 aromatic carbocycles. The Bertz CT molecular complexity index is 462. The van der Waals surface area contributed by atoms with Gasteiger partial charge in [-0.25, -0.2) is 0 Å². The number of amides is 1. The molecule has 1 amide bonds. The molecule has 90 valence electrons. The summed E-state index contributed by atoms with van der Waals surface area (Å²) in [5.41, 5.74) is 1.51. The lowest BCUT2D eigenvalue weighted by molar-refractivity contribution is -0.118. The summed E-state index contributed by atoms with van der Waals surface area (Å²) in [7, 11) is 0. The number of hydrogen-bond acceptors (Lipinski definition) is 3. The van der Waals surface area contributed by atoms with E-state index in [9.17, 15) is 9.70 Å². The zero-order chi connectivity index (χ0) is 12.4. The van der Waals surface area contributed by atoms with Gasteiger partial charge in [-0.3, -0.25) is 4.79 Å². The van der Waals surface area contributed by atoms with Gasteiger partial charge in [-0.2, -0.15) is 4.91 Å². The van der Waals surface area contributed by atoms with Crippen molar-refractivity contribution in [1.82, 2.24) is 0 Å². The standard InChI is InChI=1S/C12H13ClN2O2/c1-2-12(16)15-6-5-10(14-17)9-7-8(13)3-4-11(9)15/h3-4,7,10H,2,5-6H2,1H3. The van der Waals surface area contributed by atoms with Crippen LogP contribution in [-0.4, -0.2) is 12.5 Å². The highest BCUT2D eigenvalue weighted by atomic mass is 35.5. The molecule has 4 nitrogen and oxygen atoms in total. The third-order valence-electron chi connectivity index (χ3n) is 3.00. The van der Waals surface area contributed by atoms with Gasteiger partial charge < -0.3 is 4.90 Å². The van der Waals surface area contributed by atoms with E-state index in [1.807, 2.05) is 6.92 Å². The van der Waals surface area contributed by atoms with E-state index in [1.54, 1.807) is 23.1 Å². The lowest BCUT2D eigenvalue weighted by Crippen LogP contribution is -2.35. The van der Waals surface area contributed by atoms with E-state index in [1.165, 1.54) is 0 Å². The van der Waals surface area contributed by atoms with E-state index in [-0.39, 0.29) is 5.91 Å². The third kappa shape index (κ3) is 2.17. The lowest BCUT2D eigenvalue weighted by Gasteiger charge is -2.31. The summed E-state index contributed by atoms with van der Waals surface area (Å²) in [5, 5.41) is 3.66. The molecule has 1 aromatic rings. The van der Waals surface area contributed by atoms with Gasteiger partial charge in [-0.05, 0) is 24.6 Å². The van der Waals surface area contributed by atoms with E-state index in [0.717, 1.165) is 11.3 Å². The van der Waals surface area contributed by atoms with Gasteiger partial charge in [0, 0.05) is 29.2 Å². The third-order valence-corrected chi connectivity index (χ3v) is 3.23. The molecule has 0 aromatic heterocycles. The zero-order valence-corrected chi connectivity index (χ0v) is 10.3. The maximum atomic E-state index is 11.8. The van der Waals surface area contributed by atoms with Crippen LogP contribution in [0.4, 0.5) is 5.69 Å². The van der Waals surface area contributed by atoms with Gasteiger partial charge in [-0.15, -0.1) is 0 Å². The maximum Gasteiger partial charge on any atom is 0.226 e. The van der Waals surface area contributed by atoms with Gasteiger partial charge in [0.05, 0.1) is 0 Å². The SMILES string of the molecule is CCC(=O)N1CCC(N=O)c2cc(Cl)ccc21. The molecule has 0 saturated heterocycles. The Kier molecular flexibility index (Phi) is 3.43. The average Bonchev–Trinajstić information content (AvgIpc) is 2.36. The second-order valence-electron chi connectivity index (χ2n) is 4.01. The molecule has 1 unspecified atom stereocenters. The first-order valence-corrected chi connectivity index (χ1v) is 5.97. The molecule has 0 spiro atoms. The van der Waals surface area contributed by atoms with Crippen LogP contribution in [0, 0.1) is 4.91 Å². The first kappa shape index (κ1) is 12.0. The predicted octanol–water partition coefficient (Wildman–Crippen LogP) is 3.29. The molecule has 1 aliphatic heterocycles. The van der Waals surface area contributed by atoms with Crippen LogP contribution >= 0.6 is 11.6 Å². The molecular formula is C12H13ClN2O2. The molecule has 0 bridgehead atoms. The molecule has 0 radical (unpaired) electrons. The second-order valence-corrected chi connectivity index (χ2v) is 4.45. The van der Waals surface area contributed by atoms with Crippen LogP contribution in [0.25, 0.3) is 0 Å². The van der Waals surface area contributed by atoms with Crippen LogP contribution < -0.4 is 4.90 Å². The number of halogens is 1. The Morgan fingerprint density at radius 1 is 1.59 bits per heavy atom. The molecule has 0 saturated carbocycles. The topological polar surface area (TPSA) is 49.7 Å². The molecule has 17 heavy (non-hydrogen) atoms. The number of benzene rings is 1. The summed E-state index contributed by atoms with van der Waals surface area (Å²) in [4.78, 5) is 24.3. The fraction of sp³-hybridized carbons (Fsp3) is 0.417. The van der Waals surface area contributed by atoms with Crippen molar-refractivity contribution in [3.8, 4) is 0 Å². The van der Waals surface area contributed by atoms with E-state index >= 15 is 0 Å². The normalized spacial score (nSPS) is 18.7. The number of anilines is 1. The first-order chi connectivity index (χ1) is 8.17. The largest absolute Gasteiger partial charge is 0.312 e. The minimum Gasteiger partial charge on any atom is -0.312 e. The number of rotatable bonds is 2. The van der Waals surface area contributed by atoms with Crippen LogP contribution in [0.2, 0.25) is 5.02 Å². The Balaban J connectivity index is 2.47. The minimum absolute atomic E-state index is 0.0536. The van der Waals surface area contributed by atoms with Gasteiger partial charge in [0.2, 0.25) is 5.91 Å².